The molecular weight excluding hydrogens is 310 g/mol. The molecule has 0 fully saturated rings. The summed E-state index contributed by atoms with van der Waals surface area (Å²) in [6, 6.07) is 17.3. The lowest BCUT2D eigenvalue weighted by Gasteiger charge is -2.05. The fraction of sp³-hybridized carbons (Fsp3) is 0.125. The molecule has 0 radical (unpaired) electrons. The number of thioether (sulfide) groups is 1. The number of carbonyl (C=O) groups excluding carboxylic acids is 1. The summed E-state index contributed by atoms with van der Waals surface area (Å²) in [4.78, 5) is 11.2. The molecule has 2 aromatic carbocycles. The number of amides is 1. The van der Waals surface area contributed by atoms with E-state index in [9.17, 15) is 4.79 Å². The highest BCUT2D eigenvalue weighted by molar-refractivity contribution is 7.98. The Morgan fingerprint density at radius 3 is 2.65 bits per heavy atom. The van der Waals surface area contributed by atoms with Crippen molar-refractivity contribution in [1.29, 1.82) is 0 Å². The maximum atomic E-state index is 11.2. The van der Waals surface area contributed by atoms with Crippen molar-refractivity contribution in [3.05, 3.63) is 71.3 Å². The molecule has 23 heavy (non-hydrogen) atoms. The number of hydrogen-bond acceptors (Lipinski definition) is 5. The van der Waals surface area contributed by atoms with Gasteiger partial charge in [0.1, 0.15) is 0 Å². The summed E-state index contributed by atoms with van der Waals surface area (Å²) in [5, 5.41) is 12.6. The molecule has 0 aliphatic heterocycles. The lowest BCUT2D eigenvalue weighted by molar-refractivity contribution is 0.1000. The average molecular weight is 325 g/mol. The van der Waals surface area contributed by atoms with Gasteiger partial charge < -0.3 is 5.73 Å². The molecule has 0 aliphatic carbocycles. The van der Waals surface area contributed by atoms with E-state index in [0.717, 1.165) is 16.3 Å². The molecule has 116 valence electrons. The molecule has 0 unspecified atom stereocenters. The van der Waals surface area contributed by atoms with E-state index in [0.29, 0.717) is 17.9 Å². The molecule has 0 saturated heterocycles. The number of benzene rings is 2. The second-order valence-corrected chi connectivity index (χ2v) is 5.90. The summed E-state index contributed by atoms with van der Waals surface area (Å²) in [7, 11) is 0. The summed E-state index contributed by atoms with van der Waals surface area (Å²) in [6.45, 7) is 0.623. The van der Waals surface area contributed by atoms with E-state index in [1.807, 2.05) is 42.5 Å². The van der Waals surface area contributed by atoms with Gasteiger partial charge in [0.2, 0.25) is 11.1 Å². The minimum atomic E-state index is -0.425. The smallest absolute Gasteiger partial charge is 0.248 e. The first kappa shape index (κ1) is 15.2. The highest BCUT2D eigenvalue weighted by Gasteiger charge is 2.08. The molecule has 1 aromatic heterocycles. The van der Waals surface area contributed by atoms with Gasteiger partial charge in [0.15, 0.2) is 0 Å². The molecule has 0 atom stereocenters. The molecule has 0 saturated carbocycles. The Hall–Kier alpha value is -2.67. The van der Waals surface area contributed by atoms with E-state index < -0.39 is 5.91 Å². The van der Waals surface area contributed by atoms with Crippen LogP contribution >= 0.6 is 11.8 Å². The molecule has 7 heteroatoms. The van der Waals surface area contributed by atoms with E-state index in [-0.39, 0.29) is 0 Å². The Kier molecular flexibility index (Phi) is 4.68. The van der Waals surface area contributed by atoms with Crippen molar-refractivity contribution < 1.29 is 4.79 Å². The van der Waals surface area contributed by atoms with Crippen LogP contribution in [0.15, 0.2) is 59.8 Å². The van der Waals surface area contributed by atoms with E-state index in [1.165, 1.54) is 11.8 Å². The standard InChI is InChI=1S/C16H15N5OS/c17-15(22)14-8-4-7-13(9-14)11-23-16-18-19-20-21(16)10-12-5-2-1-3-6-12/h1-9H,10-11H2,(H2,17,22). The van der Waals surface area contributed by atoms with Crippen molar-refractivity contribution in [2.24, 2.45) is 5.73 Å². The minimum Gasteiger partial charge on any atom is -0.366 e. The number of nitrogens with two attached hydrogens (primary N) is 1. The average Bonchev–Trinajstić information content (AvgIpc) is 3.01. The number of rotatable bonds is 6. The predicted molar refractivity (Wildman–Crippen MR) is 87.9 cm³/mol. The molecule has 1 heterocycles. The third-order valence-electron chi connectivity index (χ3n) is 3.25. The van der Waals surface area contributed by atoms with Crippen molar-refractivity contribution in [1.82, 2.24) is 20.2 Å². The van der Waals surface area contributed by atoms with Gasteiger partial charge in [-0.25, -0.2) is 4.68 Å². The molecule has 3 aromatic rings. The molecule has 0 aliphatic rings. The number of nitrogens with zero attached hydrogens (tertiary/aromatic N) is 4. The van der Waals surface area contributed by atoms with E-state index in [4.69, 9.17) is 5.73 Å². The minimum absolute atomic E-state index is 0.425. The van der Waals surface area contributed by atoms with Gasteiger partial charge in [-0.05, 0) is 33.7 Å². The van der Waals surface area contributed by atoms with Gasteiger partial charge in [-0.1, -0.05) is 54.2 Å². The Labute approximate surface area is 137 Å². The number of hydrogen-bond donors (Lipinski definition) is 1. The van der Waals surface area contributed by atoms with Crippen molar-refractivity contribution in [3.8, 4) is 0 Å². The molecule has 1 amide bonds. The van der Waals surface area contributed by atoms with Crippen LogP contribution in [0.2, 0.25) is 0 Å². The van der Waals surface area contributed by atoms with E-state index in [1.54, 1.807) is 16.8 Å². The van der Waals surface area contributed by atoms with E-state index >= 15 is 0 Å². The summed E-state index contributed by atoms with van der Waals surface area (Å²) in [6.07, 6.45) is 0. The van der Waals surface area contributed by atoms with Crippen LogP contribution in [0.25, 0.3) is 0 Å². The lowest BCUT2D eigenvalue weighted by Crippen LogP contribution is -2.10. The summed E-state index contributed by atoms with van der Waals surface area (Å²) >= 11 is 1.52. The number of tetrazole rings is 1. The first-order valence-electron chi connectivity index (χ1n) is 7.04. The first-order valence-corrected chi connectivity index (χ1v) is 8.02. The van der Waals surface area contributed by atoms with Crippen molar-refractivity contribution in [2.75, 3.05) is 0 Å². The molecule has 2 N–H and O–H groups in total. The zero-order valence-electron chi connectivity index (χ0n) is 12.3. The summed E-state index contributed by atoms with van der Waals surface area (Å²) in [5.41, 5.74) is 7.94. The molecule has 0 bridgehead atoms. The molecular formula is C16H15N5OS. The molecule has 0 spiro atoms. The highest BCUT2D eigenvalue weighted by Crippen LogP contribution is 2.21. The SMILES string of the molecule is NC(=O)c1cccc(CSc2nnnn2Cc2ccccc2)c1. The van der Waals surface area contributed by atoms with Gasteiger partial charge in [-0.2, -0.15) is 0 Å². The quantitative estimate of drug-likeness (QED) is 0.701. The van der Waals surface area contributed by atoms with Gasteiger partial charge in [-0.15, -0.1) is 5.10 Å². The number of carbonyl (C=O) groups is 1. The fourth-order valence-corrected chi connectivity index (χ4v) is 2.94. The Morgan fingerprint density at radius 2 is 1.87 bits per heavy atom. The van der Waals surface area contributed by atoms with Gasteiger partial charge >= 0.3 is 0 Å². The van der Waals surface area contributed by atoms with Crippen molar-refractivity contribution >= 4 is 17.7 Å². The maximum Gasteiger partial charge on any atom is 0.248 e. The van der Waals surface area contributed by atoms with Gasteiger partial charge in [-0.3, -0.25) is 4.79 Å². The van der Waals surface area contributed by atoms with Gasteiger partial charge in [0, 0.05) is 11.3 Å². The number of aromatic nitrogens is 4. The van der Waals surface area contributed by atoms with Crippen LogP contribution in [0.5, 0.6) is 0 Å². The zero-order chi connectivity index (χ0) is 16.1. The topological polar surface area (TPSA) is 86.7 Å². The van der Waals surface area contributed by atoms with Crippen LogP contribution in [-0.2, 0) is 12.3 Å². The van der Waals surface area contributed by atoms with Crippen molar-refractivity contribution in [2.45, 2.75) is 17.5 Å². The van der Waals surface area contributed by atoms with Crippen LogP contribution in [-0.4, -0.2) is 26.1 Å². The van der Waals surface area contributed by atoms with Crippen molar-refractivity contribution in [3.63, 3.8) is 0 Å². The Bertz CT molecular complexity index is 803. The van der Waals surface area contributed by atoms with Crippen LogP contribution in [0.4, 0.5) is 0 Å². The first-order chi connectivity index (χ1) is 11.2. The highest BCUT2D eigenvalue weighted by atomic mass is 32.2. The third kappa shape index (κ3) is 3.95. The maximum absolute atomic E-state index is 11.2. The molecule has 6 nitrogen and oxygen atoms in total. The summed E-state index contributed by atoms with van der Waals surface area (Å²) in [5.74, 6) is 0.238. The summed E-state index contributed by atoms with van der Waals surface area (Å²) < 4.78 is 1.76. The second kappa shape index (κ2) is 7.06. The zero-order valence-corrected chi connectivity index (χ0v) is 13.1. The lowest BCUT2D eigenvalue weighted by atomic mass is 10.1. The van der Waals surface area contributed by atoms with Crippen LogP contribution in [0.3, 0.4) is 0 Å². The Balaban J connectivity index is 1.69. The predicted octanol–water partition coefficient (Wildman–Crippen LogP) is 2.11. The van der Waals surface area contributed by atoms with Crippen LogP contribution < -0.4 is 5.73 Å². The van der Waals surface area contributed by atoms with Gasteiger partial charge in [0.25, 0.3) is 0 Å². The second-order valence-electron chi connectivity index (χ2n) is 4.96. The van der Waals surface area contributed by atoms with Crippen LogP contribution in [0, 0.1) is 0 Å². The monoisotopic (exact) mass is 325 g/mol. The van der Waals surface area contributed by atoms with Crippen LogP contribution in [0.1, 0.15) is 21.5 Å². The number of primary amides is 1. The third-order valence-corrected chi connectivity index (χ3v) is 4.28. The van der Waals surface area contributed by atoms with E-state index in [2.05, 4.69) is 15.5 Å². The van der Waals surface area contributed by atoms with Gasteiger partial charge in [0.05, 0.1) is 6.54 Å². The molecule has 3 rings (SSSR count). The normalized spacial score (nSPS) is 10.6. The fourth-order valence-electron chi connectivity index (χ4n) is 2.12. The Morgan fingerprint density at radius 1 is 1.09 bits per heavy atom. The largest absolute Gasteiger partial charge is 0.366 e.